The second-order valence-corrected chi connectivity index (χ2v) is 4.46. The highest BCUT2D eigenvalue weighted by Gasteiger charge is 2.12. The van der Waals surface area contributed by atoms with E-state index in [0.717, 1.165) is 23.4 Å². The van der Waals surface area contributed by atoms with E-state index in [2.05, 4.69) is 41.3 Å². The van der Waals surface area contributed by atoms with Gasteiger partial charge in [-0.25, -0.2) is 4.98 Å². The summed E-state index contributed by atoms with van der Waals surface area (Å²) in [7, 11) is 0. The topological polar surface area (TPSA) is 59.6 Å². The molecule has 0 fully saturated rings. The molecule has 4 heteroatoms. The van der Waals surface area contributed by atoms with Crippen molar-refractivity contribution in [1.82, 2.24) is 14.5 Å². The van der Waals surface area contributed by atoms with E-state index in [1.54, 1.807) is 0 Å². The monoisotopic (exact) mass is 240 g/mol. The highest BCUT2D eigenvalue weighted by atomic mass is 15.0. The Balaban J connectivity index is 2.15. The molecule has 1 aromatic carbocycles. The third-order valence-electron chi connectivity index (χ3n) is 3.17. The average molecular weight is 240 g/mol. The molecule has 3 aromatic rings. The minimum absolute atomic E-state index is 0.628. The number of rotatable bonds is 3. The van der Waals surface area contributed by atoms with Gasteiger partial charge in [-0.15, -0.1) is 0 Å². The second-order valence-electron chi connectivity index (χ2n) is 4.46. The molecule has 0 radical (unpaired) electrons. The smallest absolute Gasteiger partial charge is 0.0954 e. The van der Waals surface area contributed by atoms with Crippen molar-refractivity contribution >= 4 is 10.9 Å². The highest BCUT2D eigenvalue weighted by Crippen LogP contribution is 2.30. The van der Waals surface area contributed by atoms with E-state index < -0.39 is 0 Å². The zero-order valence-electron chi connectivity index (χ0n) is 10.4. The Morgan fingerprint density at radius 3 is 3.00 bits per heavy atom. The first kappa shape index (κ1) is 11.0. The minimum atomic E-state index is 0.628. The molecule has 4 nitrogen and oxygen atoms in total. The molecule has 18 heavy (non-hydrogen) atoms. The third kappa shape index (κ3) is 1.71. The van der Waals surface area contributed by atoms with Crippen LogP contribution in [0.2, 0.25) is 0 Å². The Morgan fingerprint density at radius 2 is 2.17 bits per heavy atom. The van der Waals surface area contributed by atoms with Crippen LogP contribution in [-0.4, -0.2) is 21.1 Å². The normalized spacial score (nSPS) is 11.2. The fourth-order valence-corrected chi connectivity index (χ4v) is 2.37. The van der Waals surface area contributed by atoms with Gasteiger partial charge in [0, 0.05) is 41.4 Å². The number of nitrogens with two attached hydrogens (primary N) is 1. The summed E-state index contributed by atoms with van der Waals surface area (Å²) in [5.74, 6) is 0. The summed E-state index contributed by atoms with van der Waals surface area (Å²) < 4.78 is 2.02. The number of aromatic nitrogens is 3. The fourth-order valence-electron chi connectivity index (χ4n) is 2.37. The van der Waals surface area contributed by atoms with Crippen molar-refractivity contribution in [1.29, 1.82) is 0 Å². The number of hydrogen-bond donors (Lipinski definition) is 2. The van der Waals surface area contributed by atoms with Crippen LogP contribution < -0.4 is 5.73 Å². The van der Waals surface area contributed by atoms with E-state index in [9.17, 15) is 0 Å². The number of fused-ring (bicyclic) bond motifs is 1. The lowest BCUT2D eigenvalue weighted by Gasteiger charge is -1.97. The first-order chi connectivity index (χ1) is 8.79. The summed E-state index contributed by atoms with van der Waals surface area (Å²) >= 11 is 0. The van der Waals surface area contributed by atoms with Gasteiger partial charge in [-0.05, 0) is 13.0 Å². The SMILES string of the molecule is Cc1[nH]c2ccccc2c1-c1cn(CCN)cn1. The van der Waals surface area contributed by atoms with Crippen molar-refractivity contribution in [2.24, 2.45) is 5.73 Å². The predicted octanol–water partition coefficient (Wildman–Crippen LogP) is 2.30. The number of benzene rings is 1. The molecule has 0 amide bonds. The van der Waals surface area contributed by atoms with E-state index in [1.165, 1.54) is 10.9 Å². The number of aryl methyl sites for hydroxylation is 1. The second kappa shape index (κ2) is 4.31. The molecule has 92 valence electrons. The minimum Gasteiger partial charge on any atom is -0.358 e. The first-order valence-electron chi connectivity index (χ1n) is 6.09. The van der Waals surface area contributed by atoms with Gasteiger partial charge in [0.15, 0.2) is 0 Å². The fraction of sp³-hybridized carbons (Fsp3) is 0.214. The maximum atomic E-state index is 5.55. The molecule has 0 saturated carbocycles. The number of H-pyrrole nitrogens is 1. The molecule has 3 N–H and O–H groups in total. The maximum absolute atomic E-state index is 5.55. The Hall–Kier alpha value is -2.07. The summed E-state index contributed by atoms with van der Waals surface area (Å²) in [5.41, 5.74) is 10.0. The standard InChI is InChI=1S/C14H16N4/c1-10-14(11-4-2-3-5-12(11)17-10)13-8-18(7-6-15)9-16-13/h2-5,8-9,17H,6-7,15H2,1H3. The molecule has 2 aromatic heterocycles. The quantitative estimate of drug-likeness (QED) is 0.738. The number of imidazole rings is 1. The Labute approximate surface area is 105 Å². The largest absolute Gasteiger partial charge is 0.358 e. The number of para-hydroxylation sites is 1. The van der Waals surface area contributed by atoms with Crippen molar-refractivity contribution < 1.29 is 0 Å². The molecule has 0 spiro atoms. The summed E-state index contributed by atoms with van der Waals surface area (Å²) in [6.07, 6.45) is 3.89. The van der Waals surface area contributed by atoms with Gasteiger partial charge < -0.3 is 15.3 Å². The van der Waals surface area contributed by atoms with Crippen LogP contribution in [0.4, 0.5) is 0 Å². The number of nitrogens with one attached hydrogen (secondary N) is 1. The van der Waals surface area contributed by atoms with Crippen LogP contribution in [0, 0.1) is 6.92 Å². The van der Waals surface area contributed by atoms with Gasteiger partial charge in [-0.3, -0.25) is 0 Å². The van der Waals surface area contributed by atoms with Crippen LogP contribution in [0.15, 0.2) is 36.8 Å². The Kier molecular flexibility index (Phi) is 2.64. The summed E-state index contributed by atoms with van der Waals surface area (Å²) in [4.78, 5) is 7.87. The lowest BCUT2D eigenvalue weighted by molar-refractivity contribution is 0.708. The van der Waals surface area contributed by atoms with Gasteiger partial charge in [0.25, 0.3) is 0 Å². The molecular formula is C14H16N4. The predicted molar refractivity (Wildman–Crippen MR) is 73.3 cm³/mol. The molecule has 0 atom stereocenters. The zero-order chi connectivity index (χ0) is 12.5. The van der Waals surface area contributed by atoms with Crippen LogP contribution in [0.3, 0.4) is 0 Å². The van der Waals surface area contributed by atoms with Crippen molar-refractivity contribution in [2.45, 2.75) is 13.5 Å². The van der Waals surface area contributed by atoms with Crippen LogP contribution in [0.25, 0.3) is 22.2 Å². The molecule has 0 aliphatic carbocycles. The lowest BCUT2D eigenvalue weighted by atomic mass is 10.1. The van der Waals surface area contributed by atoms with Crippen molar-refractivity contribution in [3.05, 3.63) is 42.5 Å². The summed E-state index contributed by atoms with van der Waals surface area (Å²) in [5, 5.41) is 1.22. The lowest BCUT2D eigenvalue weighted by Crippen LogP contribution is -2.07. The molecule has 3 rings (SSSR count). The highest BCUT2D eigenvalue weighted by molar-refractivity contribution is 5.96. The first-order valence-corrected chi connectivity index (χ1v) is 6.09. The van der Waals surface area contributed by atoms with Gasteiger partial charge >= 0.3 is 0 Å². The zero-order valence-corrected chi connectivity index (χ0v) is 10.4. The number of aromatic amines is 1. The van der Waals surface area contributed by atoms with E-state index in [4.69, 9.17) is 5.73 Å². The van der Waals surface area contributed by atoms with Crippen LogP contribution in [0.1, 0.15) is 5.69 Å². The van der Waals surface area contributed by atoms with E-state index in [1.807, 2.05) is 17.0 Å². The summed E-state index contributed by atoms with van der Waals surface area (Å²) in [6, 6.07) is 8.30. The van der Waals surface area contributed by atoms with Crippen molar-refractivity contribution in [3.8, 4) is 11.3 Å². The van der Waals surface area contributed by atoms with Gasteiger partial charge in [-0.2, -0.15) is 0 Å². The van der Waals surface area contributed by atoms with Gasteiger partial charge in [0.1, 0.15) is 0 Å². The maximum Gasteiger partial charge on any atom is 0.0954 e. The van der Waals surface area contributed by atoms with Gasteiger partial charge in [0.05, 0.1) is 12.0 Å². The van der Waals surface area contributed by atoms with E-state index in [0.29, 0.717) is 6.54 Å². The molecule has 2 heterocycles. The molecule has 0 aliphatic heterocycles. The number of hydrogen-bond acceptors (Lipinski definition) is 2. The molecule has 0 saturated heterocycles. The van der Waals surface area contributed by atoms with Crippen molar-refractivity contribution in [3.63, 3.8) is 0 Å². The average Bonchev–Trinajstić information content (AvgIpc) is 2.92. The van der Waals surface area contributed by atoms with Crippen LogP contribution in [0.5, 0.6) is 0 Å². The Morgan fingerprint density at radius 1 is 1.33 bits per heavy atom. The van der Waals surface area contributed by atoms with Gasteiger partial charge in [-0.1, -0.05) is 18.2 Å². The van der Waals surface area contributed by atoms with Gasteiger partial charge in [0.2, 0.25) is 0 Å². The van der Waals surface area contributed by atoms with E-state index in [-0.39, 0.29) is 0 Å². The van der Waals surface area contributed by atoms with E-state index >= 15 is 0 Å². The van der Waals surface area contributed by atoms with Crippen LogP contribution in [-0.2, 0) is 6.54 Å². The Bertz CT molecular complexity index is 678. The molecule has 0 unspecified atom stereocenters. The molecule has 0 aliphatic rings. The molecular weight excluding hydrogens is 224 g/mol. The summed E-state index contributed by atoms with van der Waals surface area (Å²) in [6.45, 7) is 3.51. The third-order valence-corrected chi connectivity index (χ3v) is 3.17. The number of nitrogens with zero attached hydrogens (tertiary/aromatic N) is 2. The van der Waals surface area contributed by atoms with Crippen LogP contribution >= 0.6 is 0 Å². The van der Waals surface area contributed by atoms with Crippen molar-refractivity contribution in [2.75, 3.05) is 6.54 Å². The molecule has 0 bridgehead atoms.